The summed E-state index contributed by atoms with van der Waals surface area (Å²) < 4.78 is 10.6. The monoisotopic (exact) mass is 236 g/mol. The van der Waals surface area contributed by atoms with Crippen LogP contribution in [0.25, 0.3) is 0 Å². The Balaban J connectivity index is 1.75. The van der Waals surface area contributed by atoms with Gasteiger partial charge >= 0.3 is 0 Å². The molecule has 0 radical (unpaired) electrons. The zero-order valence-corrected chi connectivity index (χ0v) is 9.72. The number of nitrogens with zero attached hydrogens (tertiary/aromatic N) is 2. The van der Waals surface area contributed by atoms with Crippen LogP contribution in [0.5, 0.6) is 0 Å². The third kappa shape index (κ3) is 2.11. The third-order valence-electron chi connectivity index (χ3n) is 3.65. The van der Waals surface area contributed by atoms with Crippen molar-refractivity contribution in [2.75, 3.05) is 13.2 Å². The molecule has 0 N–H and O–H groups in total. The van der Waals surface area contributed by atoms with Crippen LogP contribution in [-0.2, 0) is 9.53 Å². The summed E-state index contributed by atoms with van der Waals surface area (Å²) >= 11 is 0. The van der Waals surface area contributed by atoms with Crippen LogP contribution in [0.1, 0.15) is 55.7 Å². The van der Waals surface area contributed by atoms with Gasteiger partial charge in [-0.25, -0.2) is 0 Å². The first kappa shape index (κ1) is 10.9. The van der Waals surface area contributed by atoms with E-state index in [0.29, 0.717) is 18.2 Å². The molecule has 1 saturated heterocycles. The Bertz CT molecular complexity index is 410. The number of carbonyl (C=O) groups excluding carboxylic acids is 1. The number of ketones is 1. The van der Waals surface area contributed by atoms with E-state index in [1.165, 1.54) is 0 Å². The van der Waals surface area contributed by atoms with Crippen molar-refractivity contribution in [1.29, 1.82) is 0 Å². The van der Waals surface area contributed by atoms with Crippen molar-refractivity contribution >= 4 is 5.78 Å². The minimum absolute atomic E-state index is 0.143. The zero-order chi connectivity index (χ0) is 11.7. The quantitative estimate of drug-likeness (QED) is 0.783. The van der Waals surface area contributed by atoms with Gasteiger partial charge in [0.2, 0.25) is 5.89 Å². The Kier molecular flexibility index (Phi) is 2.93. The van der Waals surface area contributed by atoms with Crippen molar-refractivity contribution in [3.8, 4) is 0 Å². The molecule has 1 atom stereocenters. The third-order valence-corrected chi connectivity index (χ3v) is 3.65. The second-order valence-corrected chi connectivity index (χ2v) is 4.79. The number of hydrogen-bond acceptors (Lipinski definition) is 5. The molecule has 0 bridgehead atoms. The summed E-state index contributed by atoms with van der Waals surface area (Å²) in [5.74, 6) is 1.71. The van der Waals surface area contributed by atoms with E-state index in [9.17, 15) is 4.79 Å². The van der Waals surface area contributed by atoms with Gasteiger partial charge in [-0.3, -0.25) is 4.79 Å². The van der Waals surface area contributed by atoms with E-state index < -0.39 is 0 Å². The summed E-state index contributed by atoms with van der Waals surface area (Å²) in [7, 11) is 0. The molecule has 5 nitrogen and oxygen atoms in total. The van der Waals surface area contributed by atoms with E-state index in [0.717, 1.165) is 44.7 Å². The Morgan fingerprint density at radius 1 is 1.18 bits per heavy atom. The summed E-state index contributed by atoms with van der Waals surface area (Å²) in [4.78, 5) is 16.0. The minimum atomic E-state index is -0.143. The lowest BCUT2D eigenvalue weighted by Crippen LogP contribution is -2.15. The number of carbonyl (C=O) groups is 1. The fourth-order valence-electron chi connectivity index (χ4n) is 2.59. The zero-order valence-electron chi connectivity index (χ0n) is 9.72. The fraction of sp³-hybridized carbons (Fsp3) is 0.750. The maximum atomic E-state index is 11.6. The van der Waals surface area contributed by atoms with Crippen LogP contribution in [-0.4, -0.2) is 29.1 Å². The smallest absolute Gasteiger partial charge is 0.237 e. The molecule has 1 aliphatic heterocycles. The van der Waals surface area contributed by atoms with Crippen LogP contribution < -0.4 is 0 Å². The lowest BCUT2D eigenvalue weighted by atomic mass is 10.00. The van der Waals surface area contributed by atoms with Gasteiger partial charge in [0, 0.05) is 25.6 Å². The normalized spacial score (nSPS) is 26.6. The lowest BCUT2D eigenvalue weighted by molar-refractivity contribution is -0.119. The van der Waals surface area contributed by atoms with Crippen molar-refractivity contribution in [2.24, 2.45) is 0 Å². The van der Waals surface area contributed by atoms with E-state index in [1.54, 1.807) is 0 Å². The van der Waals surface area contributed by atoms with Gasteiger partial charge in [0.05, 0.1) is 5.92 Å². The molecule has 92 valence electrons. The molecular formula is C12H16N2O3. The molecule has 1 aliphatic carbocycles. The largest absolute Gasteiger partial charge is 0.381 e. The van der Waals surface area contributed by atoms with Gasteiger partial charge in [-0.15, -0.1) is 0 Å². The molecular weight excluding hydrogens is 220 g/mol. The standard InChI is InChI=1S/C12H16N2O3/c15-10-3-1-2-9(10)12-13-11(14-17-12)8-4-6-16-7-5-8/h8-9H,1-7H2. The molecule has 1 unspecified atom stereocenters. The first-order valence-electron chi connectivity index (χ1n) is 6.28. The predicted octanol–water partition coefficient (Wildman–Crippen LogP) is 1.80. The van der Waals surface area contributed by atoms with Crippen molar-refractivity contribution in [3.05, 3.63) is 11.7 Å². The highest BCUT2D eigenvalue weighted by atomic mass is 16.5. The van der Waals surface area contributed by atoms with Gasteiger partial charge in [0.25, 0.3) is 0 Å². The second-order valence-electron chi connectivity index (χ2n) is 4.79. The lowest BCUT2D eigenvalue weighted by Gasteiger charge is -2.18. The van der Waals surface area contributed by atoms with Crippen LogP contribution >= 0.6 is 0 Å². The number of hydrogen-bond donors (Lipinski definition) is 0. The Hall–Kier alpha value is -1.23. The van der Waals surface area contributed by atoms with Crippen LogP contribution in [0.3, 0.4) is 0 Å². The van der Waals surface area contributed by atoms with Crippen LogP contribution in [0, 0.1) is 0 Å². The van der Waals surface area contributed by atoms with Gasteiger partial charge < -0.3 is 9.26 Å². The maximum absolute atomic E-state index is 11.6. The highest BCUT2D eigenvalue weighted by Gasteiger charge is 2.32. The van der Waals surface area contributed by atoms with E-state index in [4.69, 9.17) is 9.26 Å². The van der Waals surface area contributed by atoms with Crippen molar-refractivity contribution < 1.29 is 14.1 Å². The van der Waals surface area contributed by atoms with E-state index >= 15 is 0 Å². The number of rotatable bonds is 2. The predicted molar refractivity (Wildman–Crippen MR) is 58.7 cm³/mol. The van der Waals surface area contributed by atoms with E-state index in [1.807, 2.05) is 0 Å². The van der Waals surface area contributed by atoms with Gasteiger partial charge in [0.1, 0.15) is 5.78 Å². The molecule has 2 fully saturated rings. The van der Waals surface area contributed by atoms with Crippen molar-refractivity contribution in [2.45, 2.75) is 43.9 Å². The van der Waals surface area contributed by atoms with E-state index in [2.05, 4.69) is 10.1 Å². The van der Waals surface area contributed by atoms with Crippen LogP contribution in [0.4, 0.5) is 0 Å². The summed E-state index contributed by atoms with van der Waals surface area (Å²) in [5, 5.41) is 4.03. The van der Waals surface area contributed by atoms with Gasteiger partial charge in [0.15, 0.2) is 5.82 Å². The van der Waals surface area contributed by atoms with Crippen molar-refractivity contribution in [3.63, 3.8) is 0 Å². The molecule has 2 aliphatic rings. The van der Waals surface area contributed by atoms with Crippen molar-refractivity contribution in [1.82, 2.24) is 10.1 Å². The molecule has 2 heterocycles. The van der Waals surface area contributed by atoms with Gasteiger partial charge in [-0.1, -0.05) is 5.16 Å². The van der Waals surface area contributed by atoms with Gasteiger partial charge in [-0.05, 0) is 25.7 Å². The molecule has 3 rings (SSSR count). The molecule has 17 heavy (non-hydrogen) atoms. The average molecular weight is 236 g/mol. The van der Waals surface area contributed by atoms with E-state index in [-0.39, 0.29) is 11.7 Å². The topological polar surface area (TPSA) is 65.2 Å². The van der Waals surface area contributed by atoms with Crippen LogP contribution in [0.2, 0.25) is 0 Å². The Morgan fingerprint density at radius 3 is 2.71 bits per heavy atom. The summed E-state index contributed by atoms with van der Waals surface area (Å²) in [5.41, 5.74) is 0. The molecule has 1 aromatic heterocycles. The highest BCUT2D eigenvalue weighted by Crippen LogP contribution is 2.32. The molecule has 0 amide bonds. The SMILES string of the molecule is O=C1CCCC1c1nc(C2CCOCC2)no1. The Morgan fingerprint density at radius 2 is 2.00 bits per heavy atom. The molecule has 0 spiro atoms. The molecule has 5 heteroatoms. The van der Waals surface area contributed by atoms with Crippen LogP contribution in [0.15, 0.2) is 4.52 Å². The first-order chi connectivity index (χ1) is 8.34. The fourth-order valence-corrected chi connectivity index (χ4v) is 2.59. The average Bonchev–Trinajstić information content (AvgIpc) is 2.98. The minimum Gasteiger partial charge on any atom is -0.381 e. The first-order valence-corrected chi connectivity index (χ1v) is 6.28. The second kappa shape index (κ2) is 4.56. The summed E-state index contributed by atoms with van der Waals surface area (Å²) in [6.07, 6.45) is 4.33. The Labute approximate surface area is 99.5 Å². The highest BCUT2D eigenvalue weighted by molar-refractivity contribution is 5.86. The number of ether oxygens (including phenoxy) is 1. The maximum Gasteiger partial charge on any atom is 0.237 e. The number of Topliss-reactive ketones (excluding diaryl/α,β-unsaturated/α-hetero) is 1. The molecule has 1 aromatic rings. The molecule has 0 aromatic carbocycles. The molecule has 1 saturated carbocycles. The van der Waals surface area contributed by atoms with Gasteiger partial charge in [-0.2, -0.15) is 4.98 Å². The number of aromatic nitrogens is 2. The summed E-state index contributed by atoms with van der Waals surface area (Å²) in [6.45, 7) is 1.52. The summed E-state index contributed by atoms with van der Waals surface area (Å²) in [6, 6.07) is 0.